The van der Waals surface area contributed by atoms with Gasteiger partial charge >= 0.3 is 6.03 Å². The number of halogens is 1. The number of aromatic nitrogens is 1. The Morgan fingerprint density at radius 3 is 3.00 bits per heavy atom. The summed E-state index contributed by atoms with van der Waals surface area (Å²) in [7, 11) is 0. The van der Waals surface area contributed by atoms with Crippen molar-refractivity contribution < 1.29 is 13.9 Å². The summed E-state index contributed by atoms with van der Waals surface area (Å²) in [5, 5.41) is 3.69. The maximum atomic E-state index is 13.2. The Kier molecular flexibility index (Phi) is 4.07. The number of amides is 2. The molecule has 0 fully saturated rings. The molecule has 25 heavy (non-hydrogen) atoms. The summed E-state index contributed by atoms with van der Waals surface area (Å²) >= 11 is 1.19. The standard InChI is InChI=1S/C18H14FN3O2S/c19-13-5-3-6-14(10-13)24-16-11-20-17(25-16)21-18(23)22-9-8-12-4-1-2-7-15(12)22/h1-7,10-11H,8-9H2,(H,20,21,23). The maximum Gasteiger partial charge on any atom is 0.328 e. The van der Waals surface area contributed by atoms with E-state index in [9.17, 15) is 9.18 Å². The van der Waals surface area contributed by atoms with Crippen LogP contribution in [0.3, 0.4) is 0 Å². The zero-order valence-corrected chi connectivity index (χ0v) is 13.9. The van der Waals surface area contributed by atoms with Crippen LogP contribution in [0.4, 0.5) is 20.0 Å². The molecule has 1 N–H and O–H groups in total. The Morgan fingerprint density at radius 2 is 2.12 bits per heavy atom. The van der Waals surface area contributed by atoms with Crippen LogP contribution in [0.25, 0.3) is 0 Å². The second-order valence-electron chi connectivity index (χ2n) is 5.50. The number of nitrogens with one attached hydrogen (secondary N) is 1. The highest BCUT2D eigenvalue weighted by molar-refractivity contribution is 7.17. The number of benzene rings is 2. The summed E-state index contributed by atoms with van der Waals surface area (Å²) in [4.78, 5) is 18.3. The molecule has 1 aliphatic heterocycles. The first-order chi connectivity index (χ1) is 12.2. The topological polar surface area (TPSA) is 54.5 Å². The number of hydrogen-bond acceptors (Lipinski definition) is 4. The first-order valence-electron chi connectivity index (χ1n) is 7.75. The Hall–Kier alpha value is -2.93. The highest BCUT2D eigenvalue weighted by Gasteiger charge is 2.24. The molecule has 1 aromatic heterocycles. The number of para-hydroxylation sites is 1. The monoisotopic (exact) mass is 355 g/mol. The molecule has 0 spiro atoms. The summed E-state index contributed by atoms with van der Waals surface area (Å²) < 4.78 is 18.7. The van der Waals surface area contributed by atoms with Crippen LogP contribution in [0, 0.1) is 5.82 Å². The third-order valence-electron chi connectivity index (χ3n) is 3.85. The fourth-order valence-corrected chi connectivity index (χ4v) is 3.40. The van der Waals surface area contributed by atoms with Crippen LogP contribution >= 0.6 is 11.3 Å². The van der Waals surface area contributed by atoms with Gasteiger partial charge in [0, 0.05) is 18.3 Å². The average molecular weight is 355 g/mol. The van der Waals surface area contributed by atoms with Crippen molar-refractivity contribution in [1.29, 1.82) is 0 Å². The Bertz CT molecular complexity index is 928. The van der Waals surface area contributed by atoms with Gasteiger partial charge in [0.05, 0.1) is 6.20 Å². The minimum Gasteiger partial charge on any atom is -0.445 e. The lowest BCUT2D eigenvalue weighted by atomic mass is 10.2. The largest absolute Gasteiger partial charge is 0.445 e. The summed E-state index contributed by atoms with van der Waals surface area (Å²) in [6.45, 7) is 0.642. The molecule has 0 saturated heterocycles. The van der Waals surface area contributed by atoms with E-state index in [2.05, 4.69) is 10.3 Å². The molecule has 3 aromatic rings. The van der Waals surface area contributed by atoms with E-state index in [4.69, 9.17) is 4.74 Å². The highest BCUT2D eigenvalue weighted by atomic mass is 32.1. The fraction of sp³-hybridized carbons (Fsp3) is 0.111. The zero-order chi connectivity index (χ0) is 17.2. The summed E-state index contributed by atoms with van der Waals surface area (Å²) in [6, 6.07) is 13.5. The molecule has 126 valence electrons. The third kappa shape index (κ3) is 3.32. The van der Waals surface area contributed by atoms with Crippen molar-refractivity contribution >= 4 is 28.2 Å². The van der Waals surface area contributed by atoms with Crippen LogP contribution in [-0.2, 0) is 6.42 Å². The van der Waals surface area contributed by atoms with Gasteiger partial charge in [-0.1, -0.05) is 35.6 Å². The molecule has 2 amide bonds. The fourth-order valence-electron chi connectivity index (χ4n) is 2.72. The van der Waals surface area contributed by atoms with Crippen molar-refractivity contribution in [2.24, 2.45) is 0 Å². The third-order valence-corrected chi connectivity index (χ3v) is 4.64. The molecule has 5 nitrogen and oxygen atoms in total. The molecule has 0 bridgehead atoms. The lowest BCUT2D eigenvalue weighted by molar-refractivity contribution is 0.257. The first-order valence-corrected chi connectivity index (χ1v) is 8.56. The van der Waals surface area contributed by atoms with Gasteiger partial charge in [0.25, 0.3) is 0 Å². The molecule has 0 atom stereocenters. The van der Waals surface area contributed by atoms with Gasteiger partial charge in [0.2, 0.25) is 5.06 Å². The minimum absolute atomic E-state index is 0.225. The van der Waals surface area contributed by atoms with Gasteiger partial charge in [-0.25, -0.2) is 14.2 Å². The molecule has 0 aliphatic carbocycles. The van der Waals surface area contributed by atoms with E-state index in [1.807, 2.05) is 24.3 Å². The molecule has 2 heterocycles. The van der Waals surface area contributed by atoms with Crippen molar-refractivity contribution in [2.75, 3.05) is 16.8 Å². The molecule has 0 unspecified atom stereocenters. The Balaban J connectivity index is 1.44. The number of thiazole rings is 1. The Morgan fingerprint density at radius 1 is 1.24 bits per heavy atom. The molecule has 7 heteroatoms. The summed E-state index contributed by atoms with van der Waals surface area (Å²) in [6.07, 6.45) is 2.35. The first kappa shape index (κ1) is 15.6. The number of ether oxygens (including phenoxy) is 1. The molecule has 0 saturated carbocycles. The number of anilines is 2. The van der Waals surface area contributed by atoms with Crippen LogP contribution in [0.2, 0.25) is 0 Å². The Labute approximate surface area is 147 Å². The van der Waals surface area contributed by atoms with Crippen LogP contribution in [0.15, 0.2) is 54.7 Å². The van der Waals surface area contributed by atoms with Gasteiger partial charge < -0.3 is 4.74 Å². The number of nitrogens with zero attached hydrogens (tertiary/aromatic N) is 2. The predicted octanol–water partition coefficient (Wildman–Crippen LogP) is 4.67. The van der Waals surface area contributed by atoms with Gasteiger partial charge in [-0.05, 0) is 30.2 Å². The van der Waals surface area contributed by atoms with E-state index in [1.54, 1.807) is 17.0 Å². The molecular formula is C18H14FN3O2S. The molecular weight excluding hydrogens is 341 g/mol. The minimum atomic E-state index is -0.372. The summed E-state index contributed by atoms with van der Waals surface area (Å²) in [5.41, 5.74) is 2.08. The normalized spacial score (nSPS) is 12.8. The van der Waals surface area contributed by atoms with Gasteiger partial charge in [0.1, 0.15) is 11.6 Å². The van der Waals surface area contributed by atoms with E-state index in [0.717, 1.165) is 17.7 Å². The smallest absolute Gasteiger partial charge is 0.328 e. The van der Waals surface area contributed by atoms with Gasteiger partial charge in [-0.2, -0.15) is 0 Å². The maximum absolute atomic E-state index is 13.2. The van der Waals surface area contributed by atoms with E-state index in [1.165, 1.54) is 29.7 Å². The highest BCUT2D eigenvalue weighted by Crippen LogP contribution is 2.32. The second kappa shape index (κ2) is 6.52. The lowest BCUT2D eigenvalue weighted by Gasteiger charge is -2.16. The number of carbonyl (C=O) groups excluding carboxylic acids is 1. The van der Waals surface area contributed by atoms with Gasteiger partial charge in [-0.3, -0.25) is 10.2 Å². The van der Waals surface area contributed by atoms with Crippen molar-refractivity contribution in [1.82, 2.24) is 4.98 Å². The molecule has 4 rings (SSSR count). The van der Waals surface area contributed by atoms with E-state index in [-0.39, 0.29) is 11.8 Å². The van der Waals surface area contributed by atoms with Crippen molar-refractivity contribution in [3.63, 3.8) is 0 Å². The van der Waals surface area contributed by atoms with E-state index in [0.29, 0.717) is 22.5 Å². The number of carbonyl (C=O) groups is 1. The number of fused-ring (bicyclic) bond motifs is 1. The quantitative estimate of drug-likeness (QED) is 0.743. The predicted molar refractivity (Wildman–Crippen MR) is 95.1 cm³/mol. The van der Waals surface area contributed by atoms with Crippen LogP contribution < -0.4 is 15.0 Å². The number of rotatable bonds is 3. The number of urea groups is 1. The zero-order valence-electron chi connectivity index (χ0n) is 13.1. The SMILES string of the molecule is O=C(Nc1ncc(Oc2cccc(F)c2)s1)N1CCc2ccccc21. The molecule has 1 aliphatic rings. The van der Waals surface area contributed by atoms with E-state index < -0.39 is 0 Å². The van der Waals surface area contributed by atoms with Gasteiger partial charge in [0.15, 0.2) is 5.13 Å². The van der Waals surface area contributed by atoms with Crippen LogP contribution in [-0.4, -0.2) is 17.6 Å². The van der Waals surface area contributed by atoms with Crippen molar-refractivity contribution in [3.8, 4) is 10.8 Å². The molecule has 0 radical (unpaired) electrons. The van der Waals surface area contributed by atoms with Crippen molar-refractivity contribution in [2.45, 2.75) is 6.42 Å². The lowest BCUT2D eigenvalue weighted by Crippen LogP contribution is -2.33. The number of hydrogen-bond donors (Lipinski definition) is 1. The summed E-state index contributed by atoms with van der Waals surface area (Å²) in [5.74, 6) is 0.0123. The van der Waals surface area contributed by atoms with Crippen LogP contribution in [0.1, 0.15) is 5.56 Å². The van der Waals surface area contributed by atoms with E-state index >= 15 is 0 Å². The van der Waals surface area contributed by atoms with Crippen LogP contribution in [0.5, 0.6) is 10.8 Å². The van der Waals surface area contributed by atoms with Crippen molar-refractivity contribution in [3.05, 3.63) is 66.1 Å². The van der Waals surface area contributed by atoms with Gasteiger partial charge in [-0.15, -0.1) is 0 Å². The molecule has 2 aromatic carbocycles. The average Bonchev–Trinajstić information content (AvgIpc) is 3.21. The second-order valence-corrected chi connectivity index (χ2v) is 6.50.